The second-order valence-electron chi connectivity index (χ2n) is 8.56. The van der Waals surface area contributed by atoms with E-state index in [9.17, 15) is 4.79 Å². The Labute approximate surface area is 136 Å². The summed E-state index contributed by atoms with van der Waals surface area (Å²) < 4.78 is 0. The van der Waals surface area contributed by atoms with Crippen LogP contribution in [0.1, 0.15) is 53.9 Å². The van der Waals surface area contributed by atoms with E-state index in [0.717, 1.165) is 25.4 Å². The van der Waals surface area contributed by atoms with Crippen molar-refractivity contribution < 1.29 is 4.79 Å². The second-order valence-corrected chi connectivity index (χ2v) is 8.56. The summed E-state index contributed by atoms with van der Waals surface area (Å²) >= 11 is 0. The molecular weight excluding hydrogens is 274 g/mol. The zero-order chi connectivity index (χ0) is 16.3. The molecule has 1 N–H and O–H groups in total. The minimum Gasteiger partial charge on any atom is -0.351 e. The first-order chi connectivity index (χ1) is 10.2. The monoisotopic (exact) mass is 309 g/mol. The maximum absolute atomic E-state index is 12.3. The number of nitrogens with one attached hydrogen (secondary N) is 1. The molecule has 4 heteroatoms. The standard InChI is InChI=1S/C18H35N3O/c1-14(2)21-10-6-15(7-11-21)12-20-9-8-16(13-20)17(22)19-18(3,4)5/h14-16H,6-13H2,1-5H3,(H,19,22). The lowest BCUT2D eigenvalue weighted by Crippen LogP contribution is -2.45. The fourth-order valence-electron chi connectivity index (χ4n) is 3.70. The molecule has 0 aliphatic carbocycles. The highest BCUT2D eigenvalue weighted by atomic mass is 16.2. The SMILES string of the molecule is CC(C)N1CCC(CN2CCC(C(=O)NC(C)(C)C)C2)CC1. The Kier molecular flexibility index (Phi) is 5.89. The topological polar surface area (TPSA) is 35.6 Å². The molecule has 2 rings (SSSR count). The fourth-order valence-corrected chi connectivity index (χ4v) is 3.70. The van der Waals surface area contributed by atoms with E-state index in [4.69, 9.17) is 0 Å². The molecule has 2 fully saturated rings. The van der Waals surface area contributed by atoms with Gasteiger partial charge in [0, 0.05) is 24.7 Å². The number of nitrogens with zero attached hydrogens (tertiary/aromatic N) is 2. The van der Waals surface area contributed by atoms with Crippen LogP contribution in [0.3, 0.4) is 0 Å². The van der Waals surface area contributed by atoms with Crippen molar-refractivity contribution in [3.05, 3.63) is 0 Å². The van der Waals surface area contributed by atoms with E-state index < -0.39 is 0 Å². The Morgan fingerprint density at radius 2 is 1.77 bits per heavy atom. The first-order valence-corrected chi connectivity index (χ1v) is 9.03. The zero-order valence-electron chi connectivity index (χ0n) is 15.2. The summed E-state index contributed by atoms with van der Waals surface area (Å²) in [5.41, 5.74) is -0.117. The molecule has 22 heavy (non-hydrogen) atoms. The van der Waals surface area contributed by atoms with E-state index in [1.807, 2.05) is 0 Å². The lowest BCUT2D eigenvalue weighted by molar-refractivity contribution is -0.126. The molecule has 0 bridgehead atoms. The van der Waals surface area contributed by atoms with Crippen molar-refractivity contribution in [3.63, 3.8) is 0 Å². The number of carbonyl (C=O) groups excluding carboxylic acids is 1. The van der Waals surface area contributed by atoms with Gasteiger partial charge in [0.25, 0.3) is 0 Å². The summed E-state index contributed by atoms with van der Waals surface area (Å²) in [7, 11) is 0. The minimum absolute atomic E-state index is 0.117. The quantitative estimate of drug-likeness (QED) is 0.866. The Balaban J connectivity index is 1.72. The predicted molar refractivity (Wildman–Crippen MR) is 91.9 cm³/mol. The van der Waals surface area contributed by atoms with Gasteiger partial charge in [-0.25, -0.2) is 0 Å². The largest absolute Gasteiger partial charge is 0.351 e. The van der Waals surface area contributed by atoms with Gasteiger partial charge in [-0.2, -0.15) is 0 Å². The second kappa shape index (κ2) is 7.31. The van der Waals surface area contributed by atoms with Crippen LogP contribution in [0.5, 0.6) is 0 Å². The molecular formula is C18H35N3O. The summed E-state index contributed by atoms with van der Waals surface area (Å²) in [4.78, 5) is 17.4. The normalized spacial score (nSPS) is 25.8. The number of likely N-dealkylation sites (tertiary alicyclic amines) is 2. The molecule has 4 nitrogen and oxygen atoms in total. The van der Waals surface area contributed by atoms with E-state index >= 15 is 0 Å². The molecule has 1 amide bonds. The van der Waals surface area contributed by atoms with Crippen LogP contribution in [-0.4, -0.2) is 60.0 Å². The van der Waals surface area contributed by atoms with Crippen molar-refractivity contribution >= 4 is 5.91 Å². The summed E-state index contributed by atoms with van der Waals surface area (Å²) in [5.74, 6) is 1.25. The van der Waals surface area contributed by atoms with Crippen LogP contribution in [0.15, 0.2) is 0 Å². The Hall–Kier alpha value is -0.610. The van der Waals surface area contributed by atoms with Gasteiger partial charge >= 0.3 is 0 Å². The van der Waals surface area contributed by atoms with E-state index in [1.165, 1.54) is 32.5 Å². The molecule has 1 atom stereocenters. The van der Waals surface area contributed by atoms with Crippen molar-refractivity contribution in [2.24, 2.45) is 11.8 Å². The molecule has 1 unspecified atom stereocenters. The highest BCUT2D eigenvalue weighted by Gasteiger charge is 2.32. The third-order valence-electron chi connectivity index (χ3n) is 5.04. The number of amides is 1. The van der Waals surface area contributed by atoms with E-state index in [-0.39, 0.29) is 17.4 Å². The highest BCUT2D eigenvalue weighted by Crippen LogP contribution is 2.24. The summed E-state index contributed by atoms with van der Waals surface area (Å²) in [6.07, 6.45) is 3.65. The Morgan fingerprint density at radius 3 is 2.32 bits per heavy atom. The summed E-state index contributed by atoms with van der Waals surface area (Å²) in [5, 5.41) is 3.13. The van der Waals surface area contributed by atoms with Crippen LogP contribution in [-0.2, 0) is 4.79 Å². The van der Waals surface area contributed by atoms with Gasteiger partial charge in [0.2, 0.25) is 5.91 Å². The number of carbonyl (C=O) groups is 1. The average molecular weight is 309 g/mol. The van der Waals surface area contributed by atoms with Gasteiger partial charge < -0.3 is 15.1 Å². The van der Waals surface area contributed by atoms with Crippen molar-refractivity contribution in [2.45, 2.75) is 65.5 Å². The van der Waals surface area contributed by atoms with Crippen molar-refractivity contribution in [2.75, 3.05) is 32.7 Å². The van der Waals surface area contributed by atoms with Gasteiger partial charge in [-0.15, -0.1) is 0 Å². The predicted octanol–water partition coefficient (Wildman–Crippen LogP) is 2.34. The molecule has 2 aliphatic rings. The van der Waals surface area contributed by atoms with E-state index in [0.29, 0.717) is 6.04 Å². The fraction of sp³-hybridized carbons (Fsp3) is 0.944. The maximum atomic E-state index is 12.3. The zero-order valence-corrected chi connectivity index (χ0v) is 15.2. The Morgan fingerprint density at radius 1 is 1.14 bits per heavy atom. The first-order valence-electron chi connectivity index (χ1n) is 9.03. The van der Waals surface area contributed by atoms with Gasteiger partial charge in [-0.3, -0.25) is 4.79 Å². The lowest BCUT2D eigenvalue weighted by atomic mass is 9.95. The van der Waals surface area contributed by atoms with Crippen LogP contribution in [0.4, 0.5) is 0 Å². The van der Waals surface area contributed by atoms with Gasteiger partial charge in [0.15, 0.2) is 0 Å². The maximum Gasteiger partial charge on any atom is 0.224 e. The average Bonchev–Trinajstić information content (AvgIpc) is 2.86. The molecule has 0 radical (unpaired) electrons. The molecule has 0 saturated carbocycles. The summed E-state index contributed by atoms with van der Waals surface area (Å²) in [6, 6.07) is 0.679. The molecule has 0 aromatic carbocycles. The third-order valence-corrected chi connectivity index (χ3v) is 5.04. The van der Waals surface area contributed by atoms with Crippen LogP contribution in [0.25, 0.3) is 0 Å². The van der Waals surface area contributed by atoms with E-state index in [1.54, 1.807) is 0 Å². The van der Waals surface area contributed by atoms with E-state index in [2.05, 4.69) is 49.7 Å². The molecule has 0 spiro atoms. The van der Waals surface area contributed by atoms with Crippen molar-refractivity contribution in [1.29, 1.82) is 0 Å². The molecule has 2 heterocycles. The number of rotatable bonds is 4. The smallest absolute Gasteiger partial charge is 0.224 e. The molecule has 0 aromatic rings. The molecule has 2 aliphatic heterocycles. The van der Waals surface area contributed by atoms with Crippen LogP contribution in [0, 0.1) is 11.8 Å². The van der Waals surface area contributed by atoms with Gasteiger partial charge in [-0.05, 0) is 79.4 Å². The Bertz CT molecular complexity index is 367. The molecule has 128 valence electrons. The third kappa shape index (κ3) is 5.24. The van der Waals surface area contributed by atoms with Gasteiger partial charge in [0.05, 0.1) is 5.92 Å². The number of piperidine rings is 1. The van der Waals surface area contributed by atoms with Crippen LogP contribution >= 0.6 is 0 Å². The highest BCUT2D eigenvalue weighted by molar-refractivity contribution is 5.79. The van der Waals surface area contributed by atoms with Crippen LogP contribution < -0.4 is 5.32 Å². The van der Waals surface area contributed by atoms with Gasteiger partial charge in [-0.1, -0.05) is 0 Å². The first kappa shape index (κ1) is 17.7. The van der Waals surface area contributed by atoms with Gasteiger partial charge in [0.1, 0.15) is 0 Å². The molecule has 2 saturated heterocycles. The number of hydrogen-bond acceptors (Lipinski definition) is 3. The van der Waals surface area contributed by atoms with Crippen LogP contribution in [0.2, 0.25) is 0 Å². The number of hydrogen-bond donors (Lipinski definition) is 1. The minimum atomic E-state index is -0.117. The van der Waals surface area contributed by atoms with Crippen molar-refractivity contribution in [1.82, 2.24) is 15.1 Å². The molecule has 0 aromatic heterocycles. The lowest BCUT2D eigenvalue weighted by Gasteiger charge is -2.36. The van der Waals surface area contributed by atoms with Crippen molar-refractivity contribution in [3.8, 4) is 0 Å². The summed E-state index contributed by atoms with van der Waals surface area (Å²) in [6.45, 7) is 16.5.